The van der Waals surface area contributed by atoms with Crippen LogP contribution in [0.1, 0.15) is 52.7 Å². The molecular weight excluding hydrogens is 358 g/mol. The third-order valence-corrected chi connectivity index (χ3v) is 4.29. The summed E-state index contributed by atoms with van der Waals surface area (Å²) >= 11 is 12.0. The van der Waals surface area contributed by atoms with Crippen molar-refractivity contribution in [2.45, 2.75) is 52.4 Å². The van der Waals surface area contributed by atoms with Gasteiger partial charge in [0.15, 0.2) is 0 Å². The molecule has 0 atom stereocenters. The van der Waals surface area contributed by atoms with Crippen molar-refractivity contribution < 1.29 is 9.13 Å². The van der Waals surface area contributed by atoms with Gasteiger partial charge in [0.2, 0.25) is 0 Å². The van der Waals surface area contributed by atoms with E-state index in [1.807, 2.05) is 39.0 Å². The maximum Gasteiger partial charge on any atom is 0.128 e. The fraction of sp³-hybridized carbons (Fsp3) is 0.429. The van der Waals surface area contributed by atoms with Crippen molar-refractivity contribution in [3.8, 4) is 5.75 Å². The summed E-state index contributed by atoms with van der Waals surface area (Å²) in [5.74, 6) is 0.634. The van der Waals surface area contributed by atoms with E-state index in [0.717, 1.165) is 16.3 Å². The number of methoxy groups -OCH3 is 1. The molecular formula is C21H27Cl2FO. The first-order valence-electron chi connectivity index (χ1n) is 8.17. The van der Waals surface area contributed by atoms with Gasteiger partial charge in [-0.25, -0.2) is 4.39 Å². The lowest BCUT2D eigenvalue weighted by Crippen LogP contribution is -2.14. The Morgan fingerprint density at radius 3 is 1.52 bits per heavy atom. The van der Waals surface area contributed by atoms with Crippen LogP contribution >= 0.6 is 23.2 Å². The Bertz CT molecular complexity index is 693. The first kappa shape index (κ1) is 21.8. The molecule has 2 aromatic rings. The Balaban J connectivity index is 0.000000251. The van der Waals surface area contributed by atoms with Crippen molar-refractivity contribution in [3.05, 3.63) is 63.4 Å². The highest BCUT2D eigenvalue weighted by Crippen LogP contribution is 2.36. The second-order valence-corrected chi connectivity index (χ2v) is 8.73. The maximum atomic E-state index is 13.3. The zero-order valence-corrected chi connectivity index (χ0v) is 17.5. The lowest BCUT2D eigenvalue weighted by molar-refractivity contribution is 0.397. The quantitative estimate of drug-likeness (QED) is 0.496. The molecule has 25 heavy (non-hydrogen) atoms. The molecule has 0 bridgehead atoms. The van der Waals surface area contributed by atoms with Crippen molar-refractivity contribution >= 4 is 23.2 Å². The van der Waals surface area contributed by atoms with Gasteiger partial charge in [-0.3, -0.25) is 0 Å². The van der Waals surface area contributed by atoms with E-state index in [9.17, 15) is 4.39 Å². The Hall–Kier alpha value is -1.25. The number of rotatable bonds is 1. The second-order valence-electron chi connectivity index (χ2n) is 7.91. The lowest BCUT2D eigenvalue weighted by atomic mass is 9.86. The Morgan fingerprint density at radius 1 is 0.760 bits per heavy atom. The van der Waals surface area contributed by atoms with Crippen LogP contribution in [0.15, 0.2) is 36.4 Å². The average molecular weight is 385 g/mol. The Morgan fingerprint density at radius 2 is 1.20 bits per heavy atom. The van der Waals surface area contributed by atoms with Gasteiger partial charge in [0.25, 0.3) is 0 Å². The summed E-state index contributed by atoms with van der Waals surface area (Å²) in [6, 6.07) is 10.5. The van der Waals surface area contributed by atoms with E-state index in [0.29, 0.717) is 10.6 Å². The minimum atomic E-state index is -0.234. The average Bonchev–Trinajstić information content (AvgIpc) is 2.44. The van der Waals surface area contributed by atoms with E-state index in [-0.39, 0.29) is 16.6 Å². The maximum absolute atomic E-state index is 13.3. The molecule has 2 aromatic carbocycles. The van der Waals surface area contributed by atoms with Crippen LogP contribution in [0.25, 0.3) is 0 Å². The van der Waals surface area contributed by atoms with Gasteiger partial charge in [0.1, 0.15) is 11.6 Å². The van der Waals surface area contributed by atoms with Crippen LogP contribution in [0.3, 0.4) is 0 Å². The molecule has 0 amide bonds. The van der Waals surface area contributed by atoms with Gasteiger partial charge < -0.3 is 4.74 Å². The van der Waals surface area contributed by atoms with Crippen molar-refractivity contribution in [1.82, 2.24) is 0 Å². The summed E-state index contributed by atoms with van der Waals surface area (Å²) in [6.45, 7) is 12.2. The first-order chi connectivity index (χ1) is 11.4. The minimum Gasteiger partial charge on any atom is -0.496 e. The normalized spacial score (nSPS) is 11.6. The second kappa shape index (κ2) is 8.42. The summed E-state index contributed by atoms with van der Waals surface area (Å²) in [4.78, 5) is 0. The number of hydrogen-bond acceptors (Lipinski definition) is 1. The molecule has 0 N–H and O–H groups in total. The number of benzene rings is 2. The third-order valence-electron chi connectivity index (χ3n) is 3.66. The summed E-state index contributed by atoms with van der Waals surface area (Å²) < 4.78 is 18.5. The molecule has 0 unspecified atom stereocenters. The number of hydrogen-bond donors (Lipinski definition) is 0. The fourth-order valence-corrected chi connectivity index (χ4v) is 3.51. The molecule has 0 heterocycles. The number of ether oxygens (including phenoxy) is 1. The molecule has 0 spiro atoms. The van der Waals surface area contributed by atoms with Gasteiger partial charge in [-0.2, -0.15) is 0 Å². The summed E-state index contributed by atoms with van der Waals surface area (Å²) in [5, 5.41) is 1.27. The molecule has 0 aliphatic heterocycles. The third kappa shape index (κ3) is 5.90. The Labute approximate surface area is 161 Å². The zero-order valence-electron chi connectivity index (χ0n) is 16.0. The molecule has 0 fully saturated rings. The van der Waals surface area contributed by atoms with Crippen LogP contribution in [0.4, 0.5) is 4.39 Å². The van der Waals surface area contributed by atoms with Crippen LogP contribution in [0.5, 0.6) is 5.75 Å². The molecule has 0 radical (unpaired) electrons. The van der Waals surface area contributed by atoms with Gasteiger partial charge >= 0.3 is 0 Å². The molecule has 2 rings (SSSR count). The van der Waals surface area contributed by atoms with E-state index in [1.54, 1.807) is 19.2 Å². The van der Waals surface area contributed by atoms with E-state index in [4.69, 9.17) is 27.9 Å². The SMILES string of the molecule is CC(C)(C)c1c(F)cccc1Cl.COc1cccc(Cl)c1C(C)(C)C. The summed E-state index contributed by atoms with van der Waals surface area (Å²) in [5.41, 5.74) is 1.44. The highest BCUT2D eigenvalue weighted by molar-refractivity contribution is 6.31. The first-order valence-corrected chi connectivity index (χ1v) is 8.92. The van der Waals surface area contributed by atoms with E-state index >= 15 is 0 Å². The van der Waals surface area contributed by atoms with Gasteiger partial charge in [0.05, 0.1) is 7.11 Å². The van der Waals surface area contributed by atoms with E-state index in [2.05, 4.69) is 20.8 Å². The molecule has 4 heteroatoms. The van der Waals surface area contributed by atoms with Crippen molar-refractivity contribution in [3.63, 3.8) is 0 Å². The monoisotopic (exact) mass is 384 g/mol. The Kier molecular flexibility index (Phi) is 7.34. The molecule has 0 aromatic heterocycles. The molecule has 138 valence electrons. The minimum absolute atomic E-state index is 0.0175. The summed E-state index contributed by atoms with van der Waals surface area (Å²) in [6.07, 6.45) is 0. The van der Waals surface area contributed by atoms with Crippen LogP contribution < -0.4 is 4.74 Å². The predicted octanol–water partition coefficient (Wildman–Crippen LogP) is 7.42. The molecule has 0 saturated heterocycles. The smallest absolute Gasteiger partial charge is 0.128 e. The highest BCUT2D eigenvalue weighted by atomic mass is 35.5. The molecule has 0 aliphatic carbocycles. The molecule has 0 aliphatic rings. The van der Waals surface area contributed by atoms with E-state index in [1.165, 1.54) is 6.07 Å². The number of halogens is 3. The molecule has 1 nitrogen and oxygen atoms in total. The van der Waals surface area contributed by atoms with Crippen molar-refractivity contribution in [1.29, 1.82) is 0 Å². The predicted molar refractivity (Wildman–Crippen MR) is 107 cm³/mol. The highest BCUT2D eigenvalue weighted by Gasteiger charge is 2.22. The topological polar surface area (TPSA) is 9.23 Å². The lowest BCUT2D eigenvalue weighted by Gasteiger charge is -2.23. The van der Waals surface area contributed by atoms with E-state index < -0.39 is 0 Å². The van der Waals surface area contributed by atoms with Crippen molar-refractivity contribution in [2.75, 3.05) is 7.11 Å². The molecule has 0 saturated carbocycles. The largest absolute Gasteiger partial charge is 0.496 e. The van der Waals surface area contributed by atoms with Gasteiger partial charge in [-0.15, -0.1) is 0 Å². The van der Waals surface area contributed by atoms with Crippen LogP contribution in [-0.4, -0.2) is 7.11 Å². The van der Waals surface area contributed by atoms with Crippen LogP contribution in [0.2, 0.25) is 10.0 Å². The van der Waals surface area contributed by atoms with Crippen LogP contribution in [-0.2, 0) is 10.8 Å². The standard InChI is InChI=1S/C11H15ClO.C10H12ClF/c1-11(2,3)10-8(12)6-5-7-9(10)13-4;1-10(2,3)9-7(11)5-4-6-8(9)12/h5-7H,1-4H3;4-6H,1-3H3. The fourth-order valence-electron chi connectivity index (χ4n) is 2.62. The van der Waals surface area contributed by atoms with Gasteiger partial charge in [-0.1, -0.05) is 76.9 Å². The van der Waals surface area contributed by atoms with Gasteiger partial charge in [0, 0.05) is 21.2 Å². The zero-order chi connectivity index (χ0) is 19.4. The van der Waals surface area contributed by atoms with Crippen molar-refractivity contribution in [2.24, 2.45) is 0 Å². The van der Waals surface area contributed by atoms with Gasteiger partial charge in [-0.05, 0) is 35.1 Å². The summed E-state index contributed by atoms with van der Waals surface area (Å²) in [7, 11) is 1.67. The van der Waals surface area contributed by atoms with Crippen LogP contribution in [0, 0.1) is 5.82 Å².